The van der Waals surface area contributed by atoms with E-state index in [-0.39, 0.29) is 18.3 Å². The molecule has 0 radical (unpaired) electrons. The van der Waals surface area contributed by atoms with Gasteiger partial charge in [0.1, 0.15) is 5.82 Å². The smallest absolute Gasteiger partial charge is 0.254 e. The Labute approximate surface area is 199 Å². The fourth-order valence-electron chi connectivity index (χ4n) is 3.41. The van der Waals surface area contributed by atoms with E-state index in [1.807, 2.05) is 12.1 Å². The number of amides is 2. The maximum atomic E-state index is 13.4. The molecule has 5 nitrogen and oxygen atoms in total. The third kappa shape index (κ3) is 4.97. The molecule has 1 heterocycles. The molecule has 8 heteroatoms. The third-order valence-electron chi connectivity index (χ3n) is 5.04. The number of likely N-dealkylation sites (N-methyl/N-ethyl adjacent to an activating group) is 1. The molecule has 0 aliphatic rings. The molecule has 4 rings (SSSR count). The molecule has 0 spiro atoms. The van der Waals surface area contributed by atoms with Gasteiger partial charge in [-0.15, -0.1) is 0 Å². The second-order valence-electron chi connectivity index (χ2n) is 7.39. The Hall–Kier alpha value is -3.48. The van der Waals surface area contributed by atoms with E-state index in [0.29, 0.717) is 43.5 Å². The number of para-hydroxylation sites is 2. The molecular formula is C25H18Cl2FN3O2. The van der Waals surface area contributed by atoms with Gasteiger partial charge in [-0.1, -0.05) is 47.5 Å². The van der Waals surface area contributed by atoms with Gasteiger partial charge in [-0.05, 0) is 48.5 Å². The zero-order valence-corrected chi connectivity index (χ0v) is 19.0. The predicted octanol–water partition coefficient (Wildman–Crippen LogP) is 6.06. The van der Waals surface area contributed by atoms with Gasteiger partial charge in [0.25, 0.3) is 5.91 Å². The summed E-state index contributed by atoms with van der Waals surface area (Å²) in [4.78, 5) is 31.8. The van der Waals surface area contributed by atoms with Crippen molar-refractivity contribution in [3.05, 3.63) is 94.2 Å². The summed E-state index contributed by atoms with van der Waals surface area (Å²) in [5, 5.41) is 3.90. The van der Waals surface area contributed by atoms with Gasteiger partial charge >= 0.3 is 0 Å². The van der Waals surface area contributed by atoms with Gasteiger partial charge in [-0.3, -0.25) is 9.59 Å². The first-order valence-electron chi connectivity index (χ1n) is 9.98. The Kier molecular flexibility index (Phi) is 6.58. The van der Waals surface area contributed by atoms with E-state index in [2.05, 4.69) is 10.3 Å². The molecule has 2 amide bonds. The van der Waals surface area contributed by atoms with Crippen LogP contribution >= 0.6 is 23.2 Å². The number of fused-ring (bicyclic) bond motifs is 1. The van der Waals surface area contributed by atoms with E-state index >= 15 is 0 Å². The van der Waals surface area contributed by atoms with Crippen molar-refractivity contribution < 1.29 is 14.0 Å². The Morgan fingerprint density at radius 1 is 0.970 bits per heavy atom. The second-order valence-corrected chi connectivity index (χ2v) is 8.20. The zero-order chi connectivity index (χ0) is 23.5. The summed E-state index contributed by atoms with van der Waals surface area (Å²) in [5.74, 6) is -1.17. The van der Waals surface area contributed by atoms with E-state index in [4.69, 9.17) is 23.2 Å². The summed E-state index contributed by atoms with van der Waals surface area (Å²) in [6.07, 6.45) is 0. The van der Waals surface area contributed by atoms with Crippen LogP contribution in [0.4, 0.5) is 10.1 Å². The molecule has 0 bridgehead atoms. The molecule has 0 aliphatic heterocycles. The highest BCUT2D eigenvalue weighted by molar-refractivity contribution is 6.39. The number of pyridine rings is 1. The summed E-state index contributed by atoms with van der Waals surface area (Å²) in [5.41, 5.74) is 2.48. The van der Waals surface area contributed by atoms with Crippen LogP contribution in [0.3, 0.4) is 0 Å². The quantitative estimate of drug-likeness (QED) is 0.376. The number of nitrogens with one attached hydrogen (secondary N) is 1. The molecule has 0 atom stereocenters. The Morgan fingerprint density at radius 3 is 2.33 bits per heavy atom. The monoisotopic (exact) mass is 481 g/mol. The lowest BCUT2D eigenvalue weighted by Gasteiger charge is -2.19. The molecule has 1 aromatic heterocycles. The van der Waals surface area contributed by atoms with Crippen LogP contribution in [-0.4, -0.2) is 35.3 Å². The molecule has 0 fully saturated rings. The van der Waals surface area contributed by atoms with Crippen molar-refractivity contribution in [2.75, 3.05) is 18.9 Å². The number of carbonyl (C=O) groups is 2. The number of aromatic nitrogens is 1. The first-order chi connectivity index (χ1) is 15.8. The number of halogens is 3. The van der Waals surface area contributed by atoms with Crippen LogP contribution < -0.4 is 5.32 Å². The Morgan fingerprint density at radius 2 is 1.64 bits per heavy atom. The number of nitrogens with zero attached hydrogens (tertiary/aromatic N) is 2. The Bertz CT molecular complexity index is 1340. The van der Waals surface area contributed by atoms with Gasteiger partial charge in [0.2, 0.25) is 5.91 Å². The lowest BCUT2D eigenvalue weighted by atomic mass is 10.0. The number of rotatable bonds is 5. The van der Waals surface area contributed by atoms with E-state index in [0.717, 1.165) is 0 Å². The summed E-state index contributed by atoms with van der Waals surface area (Å²) >= 11 is 12.2. The van der Waals surface area contributed by atoms with E-state index in [1.54, 1.807) is 48.5 Å². The van der Waals surface area contributed by atoms with Gasteiger partial charge in [0, 0.05) is 18.0 Å². The summed E-state index contributed by atoms with van der Waals surface area (Å²) in [7, 11) is 1.53. The number of hydrogen-bond acceptors (Lipinski definition) is 3. The number of carbonyl (C=O) groups excluding carboxylic acids is 2. The molecule has 0 saturated heterocycles. The maximum absolute atomic E-state index is 13.4. The van der Waals surface area contributed by atoms with Crippen LogP contribution in [0.1, 0.15) is 10.4 Å². The van der Waals surface area contributed by atoms with Crippen molar-refractivity contribution in [3.8, 4) is 11.3 Å². The van der Waals surface area contributed by atoms with Crippen molar-refractivity contribution in [1.29, 1.82) is 0 Å². The fraction of sp³-hybridized carbons (Fsp3) is 0.0800. The SMILES string of the molecule is CN(CC(=O)Nc1c(Cl)cccc1Cl)C(=O)c1cc(-c2ccc(F)cc2)nc2ccccc12. The average Bonchev–Trinajstić information content (AvgIpc) is 2.80. The molecule has 0 saturated carbocycles. The summed E-state index contributed by atoms with van der Waals surface area (Å²) < 4.78 is 13.4. The molecule has 0 unspecified atom stereocenters. The van der Waals surface area contributed by atoms with Gasteiger partial charge in [-0.25, -0.2) is 9.37 Å². The topological polar surface area (TPSA) is 62.3 Å². The average molecular weight is 482 g/mol. The fourth-order valence-corrected chi connectivity index (χ4v) is 3.90. The van der Waals surface area contributed by atoms with Crippen molar-refractivity contribution in [2.45, 2.75) is 0 Å². The van der Waals surface area contributed by atoms with Crippen LogP contribution in [0.25, 0.3) is 22.2 Å². The lowest BCUT2D eigenvalue weighted by Crippen LogP contribution is -2.35. The first-order valence-corrected chi connectivity index (χ1v) is 10.7. The Balaban J connectivity index is 1.62. The van der Waals surface area contributed by atoms with E-state index in [9.17, 15) is 14.0 Å². The second kappa shape index (κ2) is 9.57. The minimum Gasteiger partial charge on any atom is -0.332 e. The van der Waals surface area contributed by atoms with Crippen molar-refractivity contribution in [1.82, 2.24) is 9.88 Å². The van der Waals surface area contributed by atoms with Crippen molar-refractivity contribution in [3.63, 3.8) is 0 Å². The first kappa shape index (κ1) is 22.7. The number of anilines is 1. The minimum absolute atomic E-state index is 0.219. The number of hydrogen-bond donors (Lipinski definition) is 1. The molecule has 3 aromatic carbocycles. The van der Waals surface area contributed by atoms with E-state index < -0.39 is 5.91 Å². The van der Waals surface area contributed by atoms with Crippen LogP contribution in [0, 0.1) is 5.82 Å². The van der Waals surface area contributed by atoms with Gasteiger partial charge in [-0.2, -0.15) is 0 Å². The standard InChI is InChI=1S/C25H18Cl2FN3O2/c1-31(14-23(32)30-24-19(26)6-4-7-20(24)27)25(33)18-13-22(15-9-11-16(28)12-10-15)29-21-8-3-2-5-17(18)21/h2-13H,14H2,1H3,(H,30,32). The van der Waals surface area contributed by atoms with Crippen LogP contribution in [-0.2, 0) is 4.79 Å². The van der Waals surface area contributed by atoms with Gasteiger partial charge < -0.3 is 10.2 Å². The zero-order valence-electron chi connectivity index (χ0n) is 17.5. The summed E-state index contributed by atoms with van der Waals surface area (Å²) in [6.45, 7) is -0.219. The van der Waals surface area contributed by atoms with Crippen molar-refractivity contribution >= 4 is 51.6 Å². The third-order valence-corrected chi connectivity index (χ3v) is 5.67. The highest BCUT2D eigenvalue weighted by atomic mass is 35.5. The van der Waals surface area contributed by atoms with E-state index in [1.165, 1.54) is 24.1 Å². The molecule has 166 valence electrons. The van der Waals surface area contributed by atoms with Crippen LogP contribution in [0.2, 0.25) is 10.0 Å². The largest absolute Gasteiger partial charge is 0.332 e. The molecule has 33 heavy (non-hydrogen) atoms. The highest BCUT2D eigenvalue weighted by Gasteiger charge is 2.20. The summed E-state index contributed by atoms with van der Waals surface area (Å²) in [6, 6.07) is 19.6. The van der Waals surface area contributed by atoms with Crippen molar-refractivity contribution in [2.24, 2.45) is 0 Å². The normalized spacial score (nSPS) is 10.8. The maximum Gasteiger partial charge on any atom is 0.254 e. The molecule has 0 aliphatic carbocycles. The molecule has 1 N–H and O–H groups in total. The lowest BCUT2D eigenvalue weighted by molar-refractivity contribution is -0.116. The van der Waals surface area contributed by atoms with Gasteiger partial charge in [0.15, 0.2) is 0 Å². The van der Waals surface area contributed by atoms with Crippen LogP contribution in [0.15, 0.2) is 72.8 Å². The van der Waals surface area contributed by atoms with Crippen LogP contribution in [0.5, 0.6) is 0 Å². The highest BCUT2D eigenvalue weighted by Crippen LogP contribution is 2.30. The molecular weight excluding hydrogens is 464 g/mol. The molecule has 4 aromatic rings. The van der Waals surface area contributed by atoms with Gasteiger partial charge in [0.05, 0.1) is 39.1 Å². The minimum atomic E-state index is -0.446. The number of benzene rings is 3. The predicted molar refractivity (Wildman–Crippen MR) is 129 cm³/mol.